The highest BCUT2D eigenvalue weighted by molar-refractivity contribution is 6.17. The fourth-order valence-corrected chi connectivity index (χ4v) is 1.46. The minimum atomic E-state index is 0.322. The van der Waals surface area contributed by atoms with Gasteiger partial charge in [-0.2, -0.15) is 0 Å². The average Bonchev–Trinajstić information content (AvgIpc) is 2.16. The maximum atomic E-state index is 9.55. The van der Waals surface area contributed by atoms with Crippen LogP contribution in [0.25, 0.3) is 0 Å². The van der Waals surface area contributed by atoms with E-state index in [1.807, 2.05) is 12.1 Å². The van der Waals surface area contributed by atoms with E-state index in [9.17, 15) is 5.11 Å². The molecule has 0 unspecified atom stereocenters. The van der Waals surface area contributed by atoms with Gasteiger partial charge < -0.3 is 5.11 Å². The molecule has 1 N–H and O–H groups in total. The number of hydrogen-bond acceptors (Lipinski definition) is 1. The van der Waals surface area contributed by atoms with Crippen LogP contribution in [-0.2, 0) is 12.3 Å². The molecule has 1 nitrogen and oxygen atoms in total. The maximum absolute atomic E-state index is 9.55. The Bertz CT molecular complexity index is 274. The Morgan fingerprint density at radius 1 is 1.23 bits per heavy atom. The van der Waals surface area contributed by atoms with E-state index >= 15 is 0 Å². The zero-order valence-corrected chi connectivity index (χ0v) is 8.78. The molecular weight excluding hydrogens is 207 g/mol. The van der Waals surface area contributed by atoms with E-state index in [-0.39, 0.29) is 0 Å². The summed E-state index contributed by atoms with van der Waals surface area (Å²) in [5.74, 6) is 1.38. The number of phenolic OH excluding ortho intramolecular Hbond substituents is 1. The molecule has 0 amide bonds. The van der Waals surface area contributed by atoms with Gasteiger partial charge in [0.15, 0.2) is 0 Å². The maximum Gasteiger partial charge on any atom is 0.119 e. The van der Waals surface area contributed by atoms with Crippen molar-refractivity contribution in [1.82, 2.24) is 0 Å². The Morgan fingerprint density at radius 2 is 2.00 bits per heavy atom. The first kappa shape index (κ1) is 10.7. The summed E-state index contributed by atoms with van der Waals surface area (Å²) in [6.45, 7) is 0. The summed E-state index contributed by atoms with van der Waals surface area (Å²) >= 11 is 11.2. The molecule has 0 atom stereocenters. The second kappa shape index (κ2) is 5.36. The summed E-state index contributed by atoms with van der Waals surface area (Å²) in [6.07, 6.45) is 1.70. The molecule has 72 valence electrons. The number of rotatable bonds is 4. The number of halogens is 2. The van der Waals surface area contributed by atoms with Gasteiger partial charge in [-0.15, -0.1) is 23.2 Å². The first-order valence-electron chi connectivity index (χ1n) is 4.20. The standard InChI is InChI=1S/C10H12Cl2O/c11-5-1-2-9-4-3-8(7-12)6-10(9)13/h3-4,6,13H,1-2,5,7H2. The fourth-order valence-electron chi connectivity index (χ4n) is 1.16. The van der Waals surface area contributed by atoms with Crippen molar-refractivity contribution in [3.05, 3.63) is 29.3 Å². The monoisotopic (exact) mass is 218 g/mol. The molecule has 0 fully saturated rings. The summed E-state index contributed by atoms with van der Waals surface area (Å²) in [7, 11) is 0. The van der Waals surface area contributed by atoms with Crippen molar-refractivity contribution in [3.8, 4) is 5.75 Å². The van der Waals surface area contributed by atoms with Crippen LogP contribution in [0.2, 0.25) is 0 Å². The van der Waals surface area contributed by atoms with Gasteiger partial charge in [-0.3, -0.25) is 0 Å². The molecule has 0 radical (unpaired) electrons. The lowest BCUT2D eigenvalue weighted by Crippen LogP contribution is -1.88. The molecule has 0 spiro atoms. The molecular formula is C10H12Cl2O. The Kier molecular flexibility index (Phi) is 4.40. The minimum Gasteiger partial charge on any atom is -0.508 e. The van der Waals surface area contributed by atoms with Gasteiger partial charge in [0.05, 0.1) is 0 Å². The molecule has 1 aromatic rings. The van der Waals surface area contributed by atoms with E-state index in [1.54, 1.807) is 6.07 Å². The Labute approximate surface area is 88.3 Å². The van der Waals surface area contributed by atoms with Crippen molar-refractivity contribution in [2.75, 3.05) is 5.88 Å². The second-order valence-corrected chi connectivity index (χ2v) is 3.53. The molecule has 0 bridgehead atoms. The normalized spacial score (nSPS) is 10.3. The summed E-state index contributed by atoms with van der Waals surface area (Å²) in [4.78, 5) is 0. The highest BCUT2D eigenvalue weighted by Gasteiger charge is 2.01. The van der Waals surface area contributed by atoms with E-state index < -0.39 is 0 Å². The van der Waals surface area contributed by atoms with Crippen molar-refractivity contribution in [1.29, 1.82) is 0 Å². The van der Waals surface area contributed by atoms with E-state index in [2.05, 4.69) is 0 Å². The molecule has 0 saturated carbocycles. The van der Waals surface area contributed by atoms with Gasteiger partial charge in [-0.05, 0) is 30.0 Å². The minimum absolute atomic E-state index is 0.322. The zero-order chi connectivity index (χ0) is 9.68. The van der Waals surface area contributed by atoms with Crippen molar-refractivity contribution in [2.24, 2.45) is 0 Å². The lowest BCUT2D eigenvalue weighted by Gasteiger charge is -2.04. The SMILES string of the molecule is Oc1cc(CCl)ccc1CCCCl. The molecule has 0 aliphatic rings. The van der Waals surface area contributed by atoms with Gasteiger partial charge in [-0.1, -0.05) is 12.1 Å². The number of hydrogen-bond donors (Lipinski definition) is 1. The molecule has 0 heterocycles. The van der Waals surface area contributed by atoms with E-state index in [1.165, 1.54) is 0 Å². The molecule has 0 saturated heterocycles. The zero-order valence-electron chi connectivity index (χ0n) is 7.26. The molecule has 1 rings (SSSR count). The van der Waals surface area contributed by atoms with Crippen LogP contribution in [0.5, 0.6) is 5.75 Å². The van der Waals surface area contributed by atoms with Crippen LogP contribution in [0.1, 0.15) is 17.5 Å². The number of alkyl halides is 2. The fraction of sp³-hybridized carbons (Fsp3) is 0.400. The lowest BCUT2D eigenvalue weighted by molar-refractivity contribution is 0.467. The second-order valence-electron chi connectivity index (χ2n) is 2.89. The lowest BCUT2D eigenvalue weighted by atomic mass is 10.1. The molecule has 0 aliphatic heterocycles. The molecule has 3 heteroatoms. The Morgan fingerprint density at radius 3 is 2.54 bits per heavy atom. The Balaban J connectivity index is 2.73. The van der Waals surface area contributed by atoms with Crippen LogP contribution in [0, 0.1) is 0 Å². The number of phenols is 1. The van der Waals surface area contributed by atoms with E-state index in [0.29, 0.717) is 17.5 Å². The van der Waals surface area contributed by atoms with Crippen LogP contribution in [0.3, 0.4) is 0 Å². The van der Waals surface area contributed by atoms with Crippen molar-refractivity contribution < 1.29 is 5.11 Å². The number of aromatic hydroxyl groups is 1. The van der Waals surface area contributed by atoms with Crippen LogP contribution >= 0.6 is 23.2 Å². The quantitative estimate of drug-likeness (QED) is 0.770. The average molecular weight is 219 g/mol. The van der Waals surface area contributed by atoms with Gasteiger partial charge >= 0.3 is 0 Å². The van der Waals surface area contributed by atoms with Crippen LogP contribution in [0.4, 0.5) is 0 Å². The van der Waals surface area contributed by atoms with E-state index in [0.717, 1.165) is 24.0 Å². The first-order valence-corrected chi connectivity index (χ1v) is 5.27. The van der Waals surface area contributed by atoms with Crippen molar-refractivity contribution in [3.63, 3.8) is 0 Å². The predicted octanol–water partition coefficient (Wildman–Crippen LogP) is 3.30. The third kappa shape index (κ3) is 3.09. The molecule has 13 heavy (non-hydrogen) atoms. The van der Waals surface area contributed by atoms with Crippen LogP contribution in [-0.4, -0.2) is 11.0 Å². The Hall–Kier alpha value is -0.400. The highest BCUT2D eigenvalue weighted by Crippen LogP contribution is 2.21. The smallest absolute Gasteiger partial charge is 0.119 e. The van der Waals surface area contributed by atoms with Crippen LogP contribution < -0.4 is 0 Å². The molecule has 0 aromatic heterocycles. The highest BCUT2D eigenvalue weighted by atomic mass is 35.5. The topological polar surface area (TPSA) is 20.2 Å². The van der Waals surface area contributed by atoms with E-state index in [4.69, 9.17) is 23.2 Å². The van der Waals surface area contributed by atoms with Gasteiger partial charge in [0.1, 0.15) is 5.75 Å². The summed E-state index contributed by atoms with van der Waals surface area (Å²) in [6, 6.07) is 5.53. The third-order valence-electron chi connectivity index (χ3n) is 1.88. The number of aryl methyl sites for hydroxylation is 1. The largest absolute Gasteiger partial charge is 0.508 e. The first-order chi connectivity index (χ1) is 6.27. The summed E-state index contributed by atoms with van der Waals surface area (Å²) in [5.41, 5.74) is 1.88. The summed E-state index contributed by atoms with van der Waals surface area (Å²) in [5, 5.41) is 9.55. The van der Waals surface area contributed by atoms with Gasteiger partial charge in [0, 0.05) is 11.8 Å². The third-order valence-corrected chi connectivity index (χ3v) is 2.46. The summed E-state index contributed by atoms with van der Waals surface area (Å²) < 4.78 is 0. The molecule has 0 aliphatic carbocycles. The van der Waals surface area contributed by atoms with Crippen LogP contribution in [0.15, 0.2) is 18.2 Å². The van der Waals surface area contributed by atoms with Crippen molar-refractivity contribution in [2.45, 2.75) is 18.7 Å². The molecule has 1 aromatic carbocycles. The van der Waals surface area contributed by atoms with Gasteiger partial charge in [0.2, 0.25) is 0 Å². The van der Waals surface area contributed by atoms with Crippen molar-refractivity contribution >= 4 is 23.2 Å². The van der Waals surface area contributed by atoms with Gasteiger partial charge in [-0.25, -0.2) is 0 Å². The predicted molar refractivity (Wildman–Crippen MR) is 56.7 cm³/mol. The number of benzene rings is 1. The van der Waals surface area contributed by atoms with Gasteiger partial charge in [0.25, 0.3) is 0 Å².